The Morgan fingerprint density at radius 2 is 1.87 bits per heavy atom. The molecule has 8 heteroatoms. The molecule has 8 nitrogen and oxygen atoms in total. The number of rotatable bonds is 9. The number of benzene rings is 3. The fourth-order valence-corrected chi connectivity index (χ4v) is 2.66. The third-order valence-electron chi connectivity index (χ3n) is 4.23. The normalized spacial score (nSPS) is 10.6. The molecule has 0 spiro atoms. The van der Waals surface area contributed by atoms with Gasteiger partial charge in [-0.15, -0.1) is 0 Å². The summed E-state index contributed by atoms with van der Waals surface area (Å²) in [7, 11) is 0. The highest BCUT2D eigenvalue weighted by atomic mass is 16.6. The van der Waals surface area contributed by atoms with Crippen molar-refractivity contribution in [1.29, 1.82) is 0 Å². The molecule has 0 aliphatic carbocycles. The zero-order chi connectivity index (χ0) is 22.1. The Morgan fingerprint density at radius 1 is 1.10 bits per heavy atom. The Morgan fingerprint density at radius 3 is 2.65 bits per heavy atom. The number of aryl methyl sites for hydroxylation is 1. The molecule has 3 aromatic carbocycles. The Bertz CT molecular complexity index is 1080. The van der Waals surface area contributed by atoms with Crippen molar-refractivity contribution in [1.82, 2.24) is 0 Å². The van der Waals surface area contributed by atoms with Gasteiger partial charge in [-0.3, -0.25) is 14.9 Å². The van der Waals surface area contributed by atoms with Gasteiger partial charge in [0, 0.05) is 23.4 Å². The van der Waals surface area contributed by atoms with Crippen LogP contribution in [-0.2, 0) is 16.2 Å². The van der Waals surface area contributed by atoms with Gasteiger partial charge < -0.3 is 14.9 Å². The molecule has 0 aromatic heterocycles. The molecule has 31 heavy (non-hydrogen) atoms. The lowest BCUT2D eigenvalue weighted by Crippen LogP contribution is -2.20. The zero-order valence-corrected chi connectivity index (χ0v) is 16.9. The zero-order valence-electron chi connectivity index (χ0n) is 16.9. The van der Waals surface area contributed by atoms with Crippen LogP contribution in [0.3, 0.4) is 0 Å². The number of hydrogen-bond acceptors (Lipinski definition) is 6. The fraction of sp³-hybridized carbons (Fsp3) is 0.130. The molecule has 0 unspecified atom stereocenters. The van der Waals surface area contributed by atoms with Crippen molar-refractivity contribution in [3.8, 4) is 5.75 Å². The molecule has 158 valence electrons. The van der Waals surface area contributed by atoms with Crippen LogP contribution in [0, 0.1) is 17.0 Å². The maximum Gasteiger partial charge on any atom is 0.269 e. The topological polar surface area (TPSA) is 103 Å². The number of carbonyl (C=O) groups excluding carboxylic acids is 1. The average molecular weight is 419 g/mol. The molecule has 0 saturated heterocycles. The second-order valence-electron chi connectivity index (χ2n) is 6.68. The van der Waals surface area contributed by atoms with Gasteiger partial charge in [-0.05, 0) is 36.8 Å². The first-order chi connectivity index (χ1) is 15.0. The smallest absolute Gasteiger partial charge is 0.269 e. The number of nitro benzene ring substituents is 1. The average Bonchev–Trinajstić information content (AvgIpc) is 2.78. The van der Waals surface area contributed by atoms with Gasteiger partial charge in [0.1, 0.15) is 12.4 Å². The van der Waals surface area contributed by atoms with Crippen LogP contribution in [0.4, 0.5) is 11.4 Å². The van der Waals surface area contributed by atoms with E-state index in [1.165, 1.54) is 18.3 Å². The highest BCUT2D eigenvalue weighted by Crippen LogP contribution is 2.17. The highest BCUT2D eigenvalue weighted by Gasteiger charge is 2.07. The molecule has 3 aromatic rings. The molecule has 0 aliphatic rings. The van der Waals surface area contributed by atoms with Gasteiger partial charge in [0.05, 0.1) is 11.1 Å². The monoisotopic (exact) mass is 419 g/mol. The van der Waals surface area contributed by atoms with E-state index in [-0.39, 0.29) is 24.8 Å². The summed E-state index contributed by atoms with van der Waals surface area (Å²) in [5.41, 5.74) is 3.06. The van der Waals surface area contributed by atoms with Crippen molar-refractivity contribution in [2.75, 3.05) is 11.9 Å². The van der Waals surface area contributed by atoms with E-state index in [4.69, 9.17) is 9.57 Å². The highest BCUT2D eigenvalue weighted by molar-refractivity contribution is 5.92. The molecule has 0 fully saturated rings. The molecular formula is C23H21N3O5. The third-order valence-corrected chi connectivity index (χ3v) is 4.23. The van der Waals surface area contributed by atoms with Crippen LogP contribution < -0.4 is 10.1 Å². The van der Waals surface area contributed by atoms with E-state index in [2.05, 4.69) is 10.5 Å². The van der Waals surface area contributed by atoms with Crippen LogP contribution in [0.5, 0.6) is 5.75 Å². The van der Waals surface area contributed by atoms with E-state index in [1.54, 1.807) is 36.4 Å². The first-order valence-electron chi connectivity index (χ1n) is 9.48. The summed E-state index contributed by atoms with van der Waals surface area (Å²) < 4.78 is 5.62. The SMILES string of the molecule is Cc1ccc(NC(=O)COc2ccccc2/C=N\OCc2cccc([N+](=O)[O-])c2)cc1. The first kappa shape index (κ1) is 21.5. The molecule has 0 heterocycles. The molecular weight excluding hydrogens is 398 g/mol. The number of nitrogens with zero attached hydrogens (tertiary/aromatic N) is 2. The first-order valence-corrected chi connectivity index (χ1v) is 9.48. The van der Waals surface area contributed by atoms with Gasteiger partial charge in [0.15, 0.2) is 6.61 Å². The number of ether oxygens (including phenoxy) is 1. The fourth-order valence-electron chi connectivity index (χ4n) is 2.66. The van der Waals surface area contributed by atoms with Crippen molar-refractivity contribution in [2.45, 2.75) is 13.5 Å². The minimum Gasteiger partial charge on any atom is -0.483 e. The Balaban J connectivity index is 1.53. The minimum atomic E-state index is -0.463. The summed E-state index contributed by atoms with van der Waals surface area (Å²) in [6.07, 6.45) is 1.46. The molecule has 0 aliphatic heterocycles. The molecule has 0 bridgehead atoms. The molecule has 0 radical (unpaired) electrons. The number of nitrogens with one attached hydrogen (secondary N) is 1. The van der Waals surface area contributed by atoms with E-state index in [9.17, 15) is 14.9 Å². The lowest BCUT2D eigenvalue weighted by atomic mass is 10.2. The number of amides is 1. The van der Waals surface area contributed by atoms with Crippen LogP contribution in [0.25, 0.3) is 0 Å². The van der Waals surface area contributed by atoms with E-state index in [1.807, 2.05) is 31.2 Å². The Hall–Kier alpha value is -4.20. The number of non-ortho nitro benzene ring substituents is 1. The lowest BCUT2D eigenvalue weighted by Gasteiger charge is -2.09. The second-order valence-corrected chi connectivity index (χ2v) is 6.68. The van der Waals surface area contributed by atoms with Crippen molar-refractivity contribution >= 4 is 23.5 Å². The van der Waals surface area contributed by atoms with E-state index in [0.29, 0.717) is 22.6 Å². The molecule has 1 amide bonds. The summed E-state index contributed by atoms with van der Waals surface area (Å²) >= 11 is 0. The summed E-state index contributed by atoms with van der Waals surface area (Å²) in [6.45, 7) is 1.90. The number of nitro groups is 1. The van der Waals surface area contributed by atoms with Crippen molar-refractivity contribution < 1.29 is 19.3 Å². The standard InChI is InChI=1S/C23H21N3O5/c1-17-9-11-20(12-10-17)25-23(27)16-30-22-8-3-2-6-19(22)14-24-31-15-18-5-4-7-21(13-18)26(28)29/h2-14H,15-16H2,1H3,(H,25,27)/b24-14-. The summed E-state index contributed by atoms with van der Waals surface area (Å²) in [5.74, 6) is 0.196. The Labute approximate surface area is 179 Å². The largest absolute Gasteiger partial charge is 0.483 e. The lowest BCUT2D eigenvalue weighted by molar-refractivity contribution is -0.384. The minimum absolute atomic E-state index is 0.00672. The molecule has 0 saturated carbocycles. The van der Waals surface area contributed by atoms with Crippen molar-refractivity contribution in [3.63, 3.8) is 0 Å². The van der Waals surface area contributed by atoms with Crippen LogP contribution >= 0.6 is 0 Å². The van der Waals surface area contributed by atoms with E-state index in [0.717, 1.165) is 5.56 Å². The Kier molecular flexibility index (Phi) is 7.31. The van der Waals surface area contributed by atoms with Gasteiger partial charge in [0.25, 0.3) is 11.6 Å². The van der Waals surface area contributed by atoms with E-state index >= 15 is 0 Å². The number of para-hydroxylation sites is 1. The van der Waals surface area contributed by atoms with Crippen LogP contribution in [0.2, 0.25) is 0 Å². The predicted molar refractivity (Wildman–Crippen MR) is 117 cm³/mol. The maximum absolute atomic E-state index is 12.1. The molecule has 0 atom stereocenters. The number of hydrogen-bond donors (Lipinski definition) is 1. The predicted octanol–water partition coefficient (Wildman–Crippen LogP) is 4.47. The summed E-state index contributed by atoms with van der Waals surface area (Å²) in [5, 5.41) is 17.5. The van der Waals surface area contributed by atoms with Crippen molar-refractivity contribution in [2.24, 2.45) is 5.16 Å². The molecule has 3 rings (SSSR count). The number of anilines is 1. The van der Waals surface area contributed by atoms with E-state index < -0.39 is 4.92 Å². The van der Waals surface area contributed by atoms with Gasteiger partial charge in [-0.2, -0.15) is 0 Å². The number of carbonyl (C=O) groups is 1. The summed E-state index contributed by atoms with van der Waals surface area (Å²) in [4.78, 5) is 27.7. The van der Waals surface area contributed by atoms with Crippen LogP contribution in [0.15, 0.2) is 78.0 Å². The van der Waals surface area contributed by atoms with Crippen molar-refractivity contribution in [3.05, 3.63) is 99.6 Å². The van der Waals surface area contributed by atoms with Gasteiger partial charge in [-0.25, -0.2) is 0 Å². The van der Waals surface area contributed by atoms with Gasteiger partial charge in [-0.1, -0.05) is 47.1 Å². The second kappa shape index (κ2) is 10.5. The third kappa shape index (κ3) is 6.67. The maximum atomic E-state index is 12.1. The summed E-state index contributed by atoms with van der Waals surface area (Å²) in [6, 6.07) is 20.7. The quantitative estimate of drug-likeness (QED) is 0.313. The molecule has 1 N–H and O–H groups in total. The van der Waals surface area contributed by atoms with Gasteiger partial charge >= 0.3 is 0 Å². The number of oxime groups is 1. The van der Waals surface area contributed by atoms with Gasteiger partial charge in [0.2, 0.25) is 0 Å². The van der Waals surface area contributed by atoms with Crippen LogP contribution in [0.1, 0.15) is 16.7 Å². The van der Waals surface area contributed by atoms with Crippen LogP contribution in [-0.4, -0.2) is 23.7 Å².